The van der Waals surface area contributed by atoms with E-state index in [4.69, 9.17) is 6.58 Å². The second-order valence-electron chi connectivity index (χ2n) is 16.6. The SMILES string of the molecule is C=C/C(=C\C=C/C)c1cc(-c2ccccc2)cc(N(c2ccc(C(/C=C\CC(/C=C\C)=C/C=C\C)=C/CC)cc2)c2cccc(/C(=C/C=C\CNC3=CC/C=C\CC=C3)C(=C)c3ccccc3)c2)c1. The number of rotatable bonds is 21. The normalized spacial score (nSPS) is 14.5. The molecule has 0 spiro atoms. The van der Waals surface area contributed by atoms with Crippen molar-refractivity contribution in [2.45, 2.75) is 53.4 Å². The highest BCUT2D eigenvalue weighted by molar-refractivity contribution is 6.05. The van der Waals surface area contributed by atoms with Gasteiger partial charge < -0.3 is 10.2 Å². The van der Waals surface area contributed by atoms with Gasteiger partial charge in [0.15, 0.2) is 0 Å². The summed E-state index contributed by atoms with van der Waals surface area (Å²) < 4.78 is 0. The predicted octanol–water partition coefficient (Wildman–Crippen LogP) is 18.8. The van der Waals surface area contributed by atoms with Gasteiger partial charge in [0.1, 0.15) is 0 Å². The van der Waals surface area contributed by atoms with Crippen LogP contribution in [0.1, 0.15) is 75.6 Å². The van der Waals surface area contributed by atoms with Gasteiger partial charge in [0, 0.05) is 29.3 Å². The highest BCUT2D eigenvalue weighted by Gasteiger charge is 2.18. The summed E-state index contributed by atoms with van der Waals surface area (Å²) in [6.07, 6.45) is 46.8. The summed E-state index contributed by atoms with van der Waals surface area (Å²) in [5, 5.41) is 3.58. The lowest BCUT2D eigenvalue weighted by molar-refractivity contribution is 0.923. The average Bonchev–Trinajstić information content (AvgIpc) is 3.38. The fraction of sp³-hybridized carbons (Fsp3) is 0.134. The largest absolute Gasteiger partial charge is 0.382 e. The number of hydrogen-bond acceptors (Lipinski definition) is 2. The third kappa shape index (κ3) is 15.0. The van der Waals surface area contributed by atoms with Gasteiger partial charge in [-0.05, 0) is 156 Å². The van der Waals surface area contributed by atoms with E-state index in [1.54, 1.807) is 0 Å². The lowest BCUT2D eigenvalue weighted by atomic mass is 9.92. The van der Waals surface area contributed by atoms with Crippen LogP contribution in [0.3, 0.4) is 0 Å². The molecule has 0 saturated carbocycles. The number of nitrogens with one attached hydrogen (secondary N) is 1. The van der Waals surface area contributed by atoms with Gasteiger partial charge in [-0.2, -0.15) is 0 Å². The van der Waals surface area contributed by atoms with E-state index in [9.17, 15) is 0 Å². The topological polar surface area (TPSA) is 15.3 Å². The summed E-state index contributed by atoms with van der Waals surface area (Å²) in [5.74, 6) is 0. The van der Waals surface area contributed by atoms with Crippen molar-refractivity contribution in [3.05, 3.63) is 296 Å². The number of anilines is 3. The monoisotopic (exact) mass is 901 g/mol. The molecule has 2 heteroatoms. The summed E-state index contributed by atoms with van der Waals surface area (Å²) in [6, 6.07) is 45.8. The van der Waals surface area contributed by atoms with Gasteiger partial charge in [-0.15, -0.1) is 0 Å². The fourth-order valence-corrected chi connectivity index (χ4v) is 8.13. The van der Waals surface area contributed by atoms with Crippen molar-refractivity contribution in [1.29, 1.82) is 0 Å². The van der Waals surface area contributed by atoms with Crippen molar-refractivity contribution < 1.29 is 0 Å². The Bertz CT molecular complexity index is 2860. The molecule has 5 aromatic rings. The smallest absolute Gasteiger partial charge is 0.0473 e. The molecular formula is C67H68N2. The summed E-state index contributed by atoms with van der Waals surface area (Å²) >= 11 is 0. The van der Waals surface area contributed by atoms with E-state index >= 15 is 0 Å². The zero-order chi connectivity index (χ0) is 48.5. The van der Waals surface area contributed by atoms with E-state index in [0.717, 1.165) is 93.0 Å². The molecule has 5 aromatic carbocycles. The molecule has 346 valence electrons. The predicted molar refractivity (Wildman–Crippen MR) is 305 cm³/mol. The first-order valence-electron chi connectivity index (χ1n) is 24.3. The van der Waals surface area contributed by atoms with E-state index in [2.05, 4.69) is 273 Å². The molecule has 0 aliphatic heterocycles. The van der Waals surface area contributed by atoms with Crippen LogP contribution in [-0.2, 0) is 0 Å². The summed E-state index contributed by atoms with van der Waals surface area (Å²) in [5.41, 5.74) is 16.4. The van der Waals surface area contributed by atoms with Crippen LogP contribution in [0.5, 0.6) is 0 Å². The van der Waals surface area contributed by atoms with Crippen molar-refractivity contribution in [3.8, 4) is 11.1 Å². The van der Waals surface area contributed by atoms with Crippen LogP contribution < -0.4 is 10.2 Å². The van der Waals surface area contributed by atoms with E-state index in [1.165, 1.54) is 16.7 Å². The van der Waals surface area contributed by atoms with Gasteiger partial charge in [-0.25, -0.2) is 0 Å². The van der Waals surface area contributed by atoms with Crippen LogP contribution in [0.25, 0.3) is 33.4 Å². The van der Waals surface area contributed by atoms with Gasteiger partial charge in [0.2, 0.25) is 0 Å². The summed E-state index contributed by atoms with van der Waals surface area (Å²) in [6.45, 7) is 18.0. The third-order valence-electron chi connectivity index (χ3n) is 11.6. The molecule has 1 aliphatic rings. The zero-order valence-electron chi connectivity index (χ0n) is 41.1. The minimum absolute atomic E-state index is 0.705. The molecule has 0 aromatic heterocycles. The molecule has 0 heterocycles. The van der Waals surface area contributed by atoms with E-state index in [1.807, 2.05) is 19.9 Å². The zero-order valence-corrected chi connectivity index (χ0v) is 41.1. The molecular weight excluding hydrogens is 833 g/mol. The molecule has 69 heavy (non-hydrogen) atoms. The minimum Gasteiger partial charge on any atom is -0.382 e. The van der Waals surface area contributed by atoms with Crippen LogP contribution in [0.2, 0.25) is 0 Å². The third-order valence-corrected chi connectivity index (χ3v) is 11.6. The molecule has 6 rings (SSSR count). The Labute approximate surface area is 414 Å². The molecule has 0 atom stereocenters. The lowest BCUT2D eigenvalue weighted by Gasteiger charge is -2.28. The van der Waals surface area contributed by atoms with Gasteiger partial charge in [0.05, 0.1) is 0 Å². The molecule has 0 unspecified atom stereocenters. The van der Waals surface area contributed by atoms with Crippen LogP contribution in [0, 0.1) is 0 Å². The van der Waals surface area contributed by atoms with Gasteiger partial charge >= 0.3 is 0 Å². The maximum Gasteiger partial charge on any atom is 0.0473 e. The summed E-state index contributed by atoms with van der Waals surface area (Å²) in [4.78, 5) is 2.38. The van der Waals surface area contributed by atoms with E-state index in [-0.39, 0.29) is 0 Å². The maximum absolute atomic E-state index is 4.69. The Kier molecular flexibility index (Phi) is 20.2. The van der Waals surface area contributed by atoms with Crippen LogP contribution in [0.4, 0.5) is 17.1 Å². The van der Waals surface area contributed by atoms with Crippen LogP contribution in [-0.4, -0.2) is 6.54 Å². The summed E-state index contributed by atoms with van der Waals surface area (Å²) in [7, 11) is 0. The van der Waals surface area contributed by atoms with Crippen LogP contribution >= 0.6 is 0 Å². The van der Waals surface area contributed by atoms with E-state index in [0.29, 0.717) is 6.54 Å². The van der Waals surface area contributed by atoms with Crippen molar-refractivity contribution in [2.24, 2.45) is 0 Å². The Hall–Kier alpha value is -7.94. The molecule has 1 aliphatic carbocycles. The minimum atomic E-state index is 0.705. The second kappa shape index (κ2) is 27.6. The molecule has 0 bridgehead atoms. The average molecular weight is 901 g/mol. The Balaban J connectivity index is 1.49. The van der Waals surface area contributed by atoms with Crippen molar-refractivity contribution in [3.63, 3.8) is 0 Å². The highest BCUT2D eigenvalue weighted by Crippen LogP contribution is 2.41. The van der Waals surface area contributed by atoms with Crippen molar-refractivity contribution >= 4 is 39.4 Å². The lowest BCUT2D eigenvalue weighted by Crippen LogP contribution is -2.11. The number of benzene rings is 5. The first kappa shape index (κ1) is 50.5. The van der Waals surface area contributed by atoms with Crippen LogP contribution in [0.15, 0.2) is 273 Å². The Morgan fingerprint density at radius 3 is 2.06 bits per heavy atom. The molecule has 0 radical (unpaired) electrons. The number of hydrogen-bond donors (Lipinski definition) is 1. The van der Waals surface area contributed by atoms with E-state index < -0.39 is 0 Å². The molecule has 0 fully saturated rings. The van der Waals surface area contributed by atoms with Crippen molar-refractivity contribution in [1.82, 2.24) is 5.32 Å². The molecule has 0 saturated heterocycles. The first-order valence-corrected chi connectivity index (χ1v) is 24.3. The fourth-order valence-electron chi connectivity index (χ4n) is 8.13. The first-order chi connectivity index (χ1) is 34.0. The number of nitrogens with zero attached hydrogens (tertiary/aromatic N) is 1. The Morgan fingerprint density at radius 2 is 1.32 bits per heavy atom. The highest BCUT2D eigenvalue weighted by atomic mass is 15.1. The molecule has 1 N–H and O–H groups in total. The molecule has 2 nitrogen and oxygen atoms in total. The second-order valence-corrected chi connectivity index (χ2v) is 16.6. The maximum atomic E-state index is 4.69. The molecule has 0 amide bonds. The Morgan fingerprint density at radius 1 is 0.594 bits per heavy atom. The van der Waals surface area contributed by atoms with Crippen molar-refractivity contribution in [2.75, 3.05) is 11.4 Å². The van der Waals surface area contributed by atoms with Gasteiger partial charge in [-0.1, -0.05) is 220 Å². The van der Waals surface area contributed by atoms with Gasteiger partial charge in [0.25, 0.3) is 0 Å². The standard InChI is InChI=1S/C67H68N2/c1-7-12-31-54(29-9-3)32-27-38-57(30-10-4)59-44-46-64(47-45-59)69(66-51-61(55(11-5)33-13-8-2)49-62(52-66)58-36-21-18-22-37-58)65-42-28-39-60(50-65)67(53(6)56-34-19-17-20-35-56)43-25-26-48-68-63-40-23-15-14-16-24-41-63/h7-9,11-15,17-22,24-31,33-47,49-52,68H,5-6,10,16,23,32,48H2,1-4H3/b12-7-,13-8-,15-14-,26-25-,29-9-,38-27-,41-24?,54-31+,55-33+,57-30+,63-40?,67-43+. The number of allylic oxidation sites excluding steroid dienone is 24. The quantitative estimate of drug-likeness (QED) is 0.0583. The van der Waals surface area contributed by atoms with Gasteiger partial charge in [-0.3, -0.25) is 0 Å².